The molecule has 3 heteroatoms. The minimum absolute atomic E-state index is 0.0725. The molecule has 0 aliphatic heterocycles. The maximum Gasteiger partial charge on any atom is 0.255 e. The highest BCUT2D eigenvalue weighted by Gasteiger charge is 2.12. The maximum atomic E-state index is 12.6. The minimum atomic E-state index is -0.0725. The predicted octanol–water partition coefficient (Wildman–Crippen LogP) is 5.38. The predicted molar refractivity (Wildman–Crippen MR) is 104 cm³/mol. The van der Waals surface area contributed by atoms with Crippen LogP contribution in [-0.2, 0) is 6.54 Å². The molecule has 0 aliphatic carbocycles. The van der Waals surface area contributed by atoms with E-state index in [2.05, 4.69) is 53.2 Å². The lowest BCUT2D eigenvalue weighted by Crippen LogP contribution is -2.13. The van der Waals surface area contributed by atoms with Crippen LogP contribution in [-0.4, -0.2) is 10.5 Å². The van der Waals surface area contributed by atoms with Gasteiger partial charge >= 0.3 is 0 Å². The maximum absolute atomic E-state index is 12.6. The molecule has 1 N–H and O–H groups in total. The van der Waals surface area contributed by atoms with Crippen LogP contribution in [0.2, 0.25) is 0 Å². The van der Waals surface area contributed by atoms with Gasteiger partial charge in [0.2, 0.25) is 0 Å². The van der Waals surface area contributed by atoms with Crippen LogP contribution in [0.5, 0.6) is 0 Å². The van der Waals surface area contributed by atoms with Crippen molar-refractivity contribution in [1.29, 1.82) is 0 Å². The number of rotatable bonds is 3. The zero-order valence-electron chi connectivity index (χ0n) is 14.4. The summed E-state index contributed by atoms with van der Waals surface area (Å²) in [7, 11) is 0. The molecule has 1 amide bonds. The van der Waals surface area contributed by atoms with Gasteiger partial charge < -0.3 is 9.88 Å². The molecule has 4 rings (SSSR count). The molecule has 0 saturated carbocycles. The quantitative estimate of drug-likeness (QED) is 0.538. The number of aryl methyl sites for hydroxylation is 2. The topological polar surface area (TPSA) is 34.0 Å². The third-order valence-electron chi connectivity index (χ3n) is 4.74. The Morgan fingerprint density at radius 2 is 1.64 bits per heavy atom. The lowest BCUT2D eigenvalue weighted by molar-refractivity contribution is 0.102. The number of aromatic nitrogens is 1. The van der Waals surface area contributed by atoms with Crippen molar-refractivity contribution < 1.29 is 4.79 Å². The molecule has 1 aromatic heterocycles. The van der Waals surface area contributed by atoms with E-state index in [-0.39, 0.29) is 5.91 Å². The summed E-state index contributed by atoms with van der Waals surface area (Å²) in [4.78, 5) is 12.6. The van der Waals surface area contributed by atoms with E-state index >= 15 is 0 Å². The van der Waals surface area contributed by atoms with E-state index in [4.69, 9.17) is 0 Å². The first-order valence-electron chi connectivity index (χ1n) is 8.57. The van der Waals surface area contributed by atoms with Gasteiger partial charge in [-0.25, -0.2) is 0 Å². The summed E-state index contributed by atoms with van der Waals surface area (Å²) in [5, 5.41) is 5.42. The third-order valence-corrected chi connectivity index (χ3v) is 4.74. The molecule has 4 aromatic rings. The van der Waals surface area contributed by atoms with Crippen LogP contribution >= 0.6 is 0 Å². The first-order chi connectivity index (χ1) is 12.2. The van der Waals surface area contributed by atoms with Crippen molar-refractivity contribution in [2.45, 2.75) is 20.4 Å². The van der Waals surface area contributed by atoms with E-state index in [1.807, 2.05) is 37.3 Å². The van der Waals surface area contributed by atoms with Gasteiger partial charge in [0.15, 0.2) is 0 Å². The monoisotopic (exact) mass is 328 g/mol. The number of hydrogen-bond acceptors (Lipinski definition) is 1. The van der Waals surface area contributed by atoms with Gasteiger partial charge in [0.05, 0.1) is 0 Å². The Bertz CT molecular complexity index is 1090. The van der Waals surface area contributed by atoms with Crippen molar-refractivity contribution in [2.24, 2.45) is 0 Å². The summed E-state index contributed by atoms with van der Waals surface area (Å²) in [6.45, 7) is 5.02. The van der Waals surface area contributed by atoms with Crippen molar-refractivity contribution in [1.82, 2.24) is 4.57 Å². The number of fused-ring (bicyclic) bond motifs is 3. The Morgan fingerprint density at radius 1 is 0.920 bits per heavy atom. The van der Waals surface area contributed by atoms with Crippen molar-refractivity contribution in [3.8, 4) is 0 Å². The molecular weight excluding hydrogens is 308 g/mol. The van der Waals surface area contributed by atoms with Crippen LogP contribution in [0.15, 0.2) is 66.7 Å². The average Bonchev–Trinajstić information content (AvgIpc) is 2.95. The van der Waals surface area contributed by atoms with Gasteiger partial charge in [-0.15, -0.1) is 0 Å². The number of nitrogens with zero attached hydrogens (tertiary/aromatic N) is 1. The lowest BCUT2D eigenvalue weighted by atomic mass is 10.1. The van der Waals surface area contributed by atoms with E-state index < -0.39 is 0 Å². The summed E-state index contributed by atoms with van der Waals surface area (Å²) in [5.41, 5.74) is 4.92. The molecule has 25 heavy (non-hydrogen) atoms. The number of para-hydroxylation sites is 1. The zero-order valence-corrected chi connectivity index (χ0v) is 14.4. The minimum Gasteiger partial charge on any atom is -0.341 e. The normalized spacial score (nSPS) is 11.1. The fourth-order valence-electron chi connectivity index (χ4n) is 3.50. The molecule has 0 atom stereocenters. The van der Waals surface area contributed by atoms with Crippen LogP contribution in [0.1, 0.15) is 22.8 Å². The molecule has 0 spiro atoms. The summed E-state index contributed by atoms with van der Waals surface area (Å²) in [6, 6.07) is 22.2. The number of anilines is 1. The average molecular weight is 328 g/mol. The molecule has 3 nitrogen and oxygen atoms in total. The third kappa shape index (κ3) is 2.58. The molecule has 0 bridgehead atoms. The fraction of sp³-hybridized carbons (Fsp3) is 0.136. The van der Waals surface area contributed by atoms with Gasteiger partial charge in [0, 0.05) is 39.6 Å². The van der Waals surface area contributed by atoms with Gasteiger partial charge in [0.1, 0.15) is 0 Å². The fourth-order valence-corrected chi connectivity index (χ4v) is 3.50. The van der Waals surface area contributed by atoms with Crippen LogP contribution < -0.4 is 5.32 Å². The second kappa shape index (κ2) is 6.10. The van der Waals surface area contributed by atoms with E-state index in [0.717, 1.165) is 17.8 Å². The highest BCUT2D eigenvalue weighted by atomic mass is 16.1. The van der Waals surface area contributed by atoms with E-state index in [0.29, 0.717) is 5.56 Å². The highest BCUT2D eigenvalue weighted by Crippen LogP contribution is 2.31. The Balaban J connectivity index is 1.78. The lowest BCUT2D eigenvalue weighted by Gasteiger charge is -2.08. The van der Waals surface area contributed by atoms with Crippen LogP contribution in [0.4, 0.5) is 5.69 Å². The van der Waals surface area contributed by atoms with Crippen molar-refractivity contribution >= 4 is 33.4 Å². The largest absolute Gasteiger partial charge is 0.341 e. The number of nitrogens with one attached hydrogen (secondary N) is 1. The molecule has 0 unspecified atom stereocenters. The zero-order chi connectivity index (χ0) is 17.4. The molecule has 0 radical (unpaired) electrons. The molecular formula is C22H20N2O. The number of amides is 1. The van der Waals surface area contributed by atoms with E-state index in [1.165, 1.54) is 21.8 Å². The van der Waals surface area contributed by atoms with Crippen LogP contribution in [0, 0.1) is 6.92 Å². The molecule has 0 fully saturated rings. The Morgan fingerprint density at radius 3 is 2.44 bits per heavy atom. The van der Waals surface area contributed by atoms with Crippen molar-refractivity contribution in [3.05, 3.63) is 77.9 Å². The molecule has 1 heterocycles. The second-order valence-electron chi connectivity index (χ2n) is 6.26. The molecule has 124 valence electrons. The van der Waals surface area contributed by atoms with Crippen molar-refractivity contribution in [3.63, 3.8) is 0 Å². The van der Waals surface area contributed by atoms with Crippen molar-refractivity contribution in [2.75, 3.05) is 5.32 Å². The highest BCUT2D eigenvalue weighted by molar-refractivity contribution is 6.11. The standard InChI is InChI=1S/C22H20N2O/c1-3-24-20-11-7-6-10-18(20)19-14-16(12-13-21(19)24)23-22(25)17-9-5-4-8-15(17)2/h4-14H,3H2,1-2H3,(H,23,25). The molecule has 0 aliphatic rings. The Labute approximate surface area is 146 Å². The first kappa shape index (κ1) is 15.5. The van der Waals surface area contributed by atoms with E-state index in [9.17, 15) is 4.79 Å². The van der Waals surface area contributed by atoms with Gasteiger partial charge in [-0.2, -0.15) is 0 Å². The molecule has 0 saturated heterocycles. The summed E-state index contributed by atoms with van der Waals surface area (Å²) >= 11 is 0. The number of hydrogen-bond donors (Lipinski definition) is 1. The van der Waals surface area contributed by atoms with Crippen LogP contribution in [0.3, 0.4) is 0 Å². The SMILES string of the molecule is CCn1c2ccccc2c2cc(NC(=O)c3ccccc3C)ccc21. The summed E-state index contributed by atoms with van der Waals surface area (Å²) in [5.74, 6) is -0.0725. The first-order valence-corrected chi connectivity index (χ1v) is 8.57. The molecule has 3 aromatic carbocycles. The summed E-state index contributed by atoms with van der Waals surface area (Å²) < 4.78 is 2.30. The van der Waals surface area contributed by atoms with Gasteiger partial charge in [-0.1, -0.05) is 36.4 Å². The van der Waals surface area contributed by atoms with Crippen LogP contribution in [0.25, 0.3) is 21.8 Å². The smallest absolute Gasteiger partial charge is 0.255 e. The Kier molecular flexibility index (Phi) is 3.77. The van der Waals surface area contributed by atoms with Gasteiger partial charge in [-0.05, 0) is 49.7 Å². The number of benzene rings is 3. The summed E-state index contributed by atoms with van der Waals surface area (Å²) in [6.07, 6.45) is 0. The second-order valence-corrected chi connectivity index (χ2v) is 6.26. The Hall–Kier alpha value is -3.07. The number of carbonyl (C=O) groups is 1. The van der Waals surface area contributed by atoms with Gasteiger partial charge in [-0.3, -0.25) is 4.79 Å². The van der Waals surface area contributed by atoms with E-state index in [1.54, 1.807) is 0 Å². The van der Waals surface area contributed by atoms with Gasteiger partial charge in [0.25, 0.3) is 5.91 Å². The number of carbonyl (C=O) groups excluding carboxylic acids is 1.